The van der Waals surface area contributed by atoms with Gasteiger partial charge >= 0.3 is 0 Å². The monoisotopic (exact) mass is 459 g/mol. The van der Waals surface area contributed by atoms with Crippen molar-refractivity contribution in [3.63, 3.8) is 0 Å². The maximum atomic E-state index is 13.5. The molecule has 0 saturated carbocycles. The summed E-state index contributed by atoms with van der Waals surface area (Å²) in [6.45, 7) is 6.24. The van der Waals surface area contributed by atoms with Gasteiger partial charge in [-0.3, -0.25) is 14.7 Å². The van der Waals surface area contributed by atoms with Crippen molar-refractivity contribution in [2.75, 3.05) is 11.4 Å². The third kappa shape index (κ3) is 3.89. The van der Waals surface area contributed by atoms with Crippen LogP contribution >= 0.6 is 11.3 Å². The smallest absolute Gasteiger partial charge is 0.249 e. The molecule has 5 rings (SSSR count). The number of amides is 1. The lowest BCUT2D eigenvalue weighted by Crippen LogP contribution is -2.31. The van der Waals surface area contributed by atoms with Crippen LogP contribution in [0, 0.1) is 26.6 Å². The zero-order valence-electron chi connectivity index (χ0n) is 18.6. The minimum Gasteiger partial charge on any atom is -0.441 e. The fourth-order valence-corrected chi connectivity index (χ4v) is 5.11. The van der Waals surface area contributed by atoms with Crippen LogP contribution in [0.4, 0.5) is 9.39 Å². The predicted molar refractivity (Wildman–Crippen MR) is 129 cm³/mol. The zero-order chi connectivity index (χ0) is 23.1. The molecular weight excluding hydrogens is 437 g/mol. The first kappa shape index (κ1) is 21.3. The molecule has 3 heterocycles. The summed E-state index contributed by atoms with van der Waals surface area (Å²) in [7, 11) is 0. The van der Waals surface area contributed by atoms with Crippen LogP contribution in [0.1, 0.15) is 33.0 Å². The summed E-state index contributed by atoms with van der Waals surface area (Å²) in [5.74, 6) is 0.794. The summed E-state index contributed by atoms with van der Waals surface area (Å²) in [5.41, 5.74) is 5.09. The molecule has 0 saturated heterocycles. The highest BCUT2D eigenvalue weighted by molar-refractivity contribution is 7.17. The minimum absolute atomic E-state index is 0.00897. The van der Waals surface area contributed by atoms with E-state index in [9.17, 15) is 9.18 Å². The number of benzene rings is 2. The van der Waals surface area contributed by atoms with Crippen molar-refractivity contribution in [2.45, 2.75) is 27.3 Å². The molecule has 0 N–H and O–H groups in total. The second-order valence-electron chi connectivity index (χ2n) is 8.00. The van der Waals surface area contributed by atoms with E-state index in [1.54, 1.807) is 28.4 Å². The molecule has 0 bridgehead atoms. The largest absolute Gasteiger partial charge is 0.441 e. The van der Waals surface area contributed by atoms with Gasteiger partial charge in [-0.25, -0.2) is 9.37 Å². The van der Waals surface area contributed by atoms with Gasteiger partial charge in [-0.15, -0.1) is 11.3 Å². The Morgan fingerprint density at radius 3 is 2.48 bits per heavy atom. The lowest BCUT2D eigenvalue weighted by atomic mass is 10.00. The number of carbonyl (C=O) groups is 1. The van der Waals surface area contributed by atoms with Gasteiger partial charge in [0.1, 0.15) is 28.8 Å². The van der Waals surface area contributed by atoms with Crippen LogP contribution in [0.3, 0.4) is 0 Å². The normalized spacial score (nSPS) is 13.6. The first-order chi connectivity index (χ1) is 15.9. The van der Waals surface area contributed by atoms with Gasteiger partial charge in [-0.1, -0.05) is 18.2 Å². The molecule has 1 aliphatic heterocycles. The number of anilines is 1. The third-order valence-electron chi connectivity index (χ3n) is 5.86. The molecule has 0 unspecified atom stereocenters. The molecule has 166 valence electrons. The average molecular weight is 460 g/mol. The van der Waals surface area contributed by atoms with Gasteiger partial charge in [0, 0.05) is 21.6 Å². The van der Waals surface area contributed by atoms with E-state index in [0.29, 0.717) is 29.6 Å². The molecule has 2 aromatic carbocycles. The summed E-state index contributed by atoms with van der Waals surface area (Å²) in [4.78, 5) is 25.4. The molecule has 33 heavy (non-hydrogen) atoms. The molecule has 0 atom stereocenters. The first-order valence-electron chi connectivity index (χ1n) is 10.6. The van der Waals surface area contributed by atoms with Crippen LogP contribution in [0.15, 0.2) is 64.0 Å². The van der Waals surface area contributed by atoms with Crippen LogP contribution < -0.4 is 4.90 Å². The standard InChI is InChI=1S/C26H22FN3O2S/c1-15-17(3)33-26-23(15)24(18-9-11-20(27)12-10-18)28-13-22(31)30(26)14-21-16(2)32-25(29-21)19-7-5-4-6-8-19/h4-12H,13-14H2,1-3H3. The molecule has 2 aromatic heterocycles. The van der Waals surface area contributed by atoms with Crippen LogP contribution in [-0.2, 0) is 11.3 Å². The predicted octanol–water partition coefficient (Wildman–Crippen LogP) is 5.85. The summed E-state index contributed by atoms with van der Waals surface area (Å²) >= 11 is 1.56. The maximum Gasteiger partial charge on any atom is 0.249 e. The van der Waals surface area contributed by atoms with Crippen LogP contribution in [0.25, 0.3) is 11.5 Å². The van der Waals surface area contributed by atoms with Crippen molar-refractivity contribution in [3.05, 3.63) is 93.4 Å². The number of fused-ring (bicyclic) bond motifs is 1. The van der Waals surface area contributed by atoms with Gasteiger partial charge in [0.15, 0.2) is 0 Å². The summed E-state index contributed by atoms with van der Waals surface area (Å²) in [6.07, 6.45) is 0. The second-order valence-corrected chi connectivity index (χ2v) is 9.21. The quantitative estimate of drug-likeness (QED) is 0.385. The molecular formula is C26H22FN3O2S. The Hall–Kier alpha value is -3.58. The van der Waals surface area contributed by atoms with E-state index in [1.807, 2.05) is 51.1 Å². The second kappa shape index (κ2) is 8.41. The van der Waals surface area contributed by atoms with E-state index in [2.05, 4.69) is 4.99 Å². The van der Waals surface area contributed by atoms with Crippen LogP contribution in [0.2, 0.25) is 0 Å². The molecule has 4 aromatic rings. The molecule has 0 fully saturated rings. The lowest BCUT2D eigenvalue weighted by Gasteiger charge is -2.19. The van der Waals surface area contributed by atoms with Gasteiger partial charge in [0.05, 0.1) is 12.3 Å². The molecule has 7 heteroatoms. The highest BCUT2D eigenvalue weighted by Crippen LogP contribution is 2.39. The minimum atomic E-state index is -0.306. The Balaban J connectivity index is 1.56. The molecule has 5 nitrogen and oxygen atoms in total. The summed E-state index contributed by atoms with van der Waals surface area (Å²) in [6, 6.07) is 15.9. The first-order valence-corrected chi connectivity index (χ1v) is 11.5. The van der Waals surface area contributed by atoms with Gasteiger partial charge in [0.25, 0.3) is 0 Å². The average Bonchev–Trinajstić information content (AvgIpc) is 3.28. The zero-order valence-corrected chi connectivity index (χ0v) is 19.4. The van der Waals surface area contributed by atoms with E-state index < -0.39 is 0 Å². The fourth-order valence-electron chi connectivity index (χ4n) is 3.93. The third-order valence-corrected chi connectivity index (χ3v) is 7.09. The Bertz CT molecular complexity index is 1370. The van der Waals surface area contributed by atoms with Crippen molar-refractivity contribution < 1.29 is 13.6 Å². The number of thiophene rings is 1. The molecule has 0 aliphatic carbocycles. The number of oxazole rings is 1. The van der Waals surface area contributed by atoms with Gasteiger partial charge in [-0.05, 0) is 62.7 Å². The highest BCUT2D eigenvalue weighted by atomic mass is 32.1. The summed E-state index contributed by atoms with van der Waals surface area (Å²) in [5, 5.41) is 0.833. The Morgan fingerprint density at radius 1 is 1.03 bits per heavy atom. The highest BCUT2D eigenvalue weighted by Gasteiger charge is 2.31. The van der Waals surface area contributed by atoms with Crippen LogP contribution in [0.5, 0.6) is 0 Å². The number of aromatic nitrogens is 1. The van der Waals surface area contributed by atoms with Crippen molar-refractivity contribution in [1.29, 1.82) is 0 Å². The molecule has 0 spiro atoms. The number of aryl methyl sites for hydroxylation is 2. The molecule has 1 amide bonds. The van der Waals surface area contributed by atoms with Crippen molar-refractivity contribution >= 4 is 28.0 Å². The van der Waals surface area contributed by atoms with Crippen molar-refractivity contribution in [3.8, 4) is 11.5 Å². The number of hydrogen-bond acceptors (Lipinski definition) is 5. The van der Waals surface area contributed by atoms with E-state index in [0.717, 1.165) is 32.1 Å². The molecule has 0 radical (unpaired) electrons. The van der Waals surface area contributed by atoms with E-state index in [1.165, 1.54) is 12.1 Å². The Labute approximate surface area is 195 Å². The number of rotatable bonds is 4. The Kier molecular flexibility index (Phi) is 5.42. The van der Waals surface area contributed by atoms with Gasteiger partial charge in [0.2, 0.25) is 11.8 Å². The number of nitrogens with zero attached hydrogens (tertiary/aromatic N) is 3. The SMILES string of the molecule is Cc1oc(-c2ccccc2)nc1CN1C(=O)CN=C(c2ccc(F)cc2)c2c1sc(C)c2C. The van der Waals surface area contributed by atoms with Gasteiger partial charge in [-0.2, -0.15) is 0 Å². The van der Waals surface area contributed by atoms with Gasteiger partial charge < -0.3 is 4.42 Å². The Morgan fingerprint density at radius 2 is 1.76 bits per heavy atom. The number of hydrogen-bond donors (Lipinski definition) is 0. The van der Waals surface area contributed by atoms with Crippen LogP contribution in [-0.4, -0.2) is 23.1 Å². The topological polar surface area (TPSA) is 58.7 Å². The molecule has 1 aliphatic rings. The van der Waals surface area contributed by atoms with Crippen molar-refractivity contribution in [2.24, 2.45) is 4.99 Å². The maximum absolute atomic E-state index is 13.5. The fraction of sp³-hybridized carbons (Fsp3) is 0.192. The lowest BCUT2D eigenvalue weighted by molar-refractivity contribution is -0.117. The summed E-state index contributed by atoms with van der Waals surface area (Å²) < 4.78 is 19.4. The number of halogens is 1. The van der Waals surface area contributed by atoms with E-state index in [-0.39, 0.29) is 18.3 Å². The number of carbonyl (C=O) groups excluding carboxylic acids is 1. The van der Waals surface area contributed by atoms with E-state index in [4.69, 9.17) is 9.40 Å². The van der Waals surface area contributed by atoms with E-state index >= 15 is 0 Å². The van der Waals surface area contributed by atoms with Crippen molar-refractivity contribution in [1.82, 2.24) is 4.98 Å². The number of aliphatic imine (C=N–C) groups is 1.